The summed E-state index contributed by atoms with van der Waals surface area (Å²) in [6.45, 7) is 9.57. The van der Waals surface area contributed by atoms with E-state index in [0.717, 1.165) is 25.3 Å². The van der Waals surface area contributed by atoms with Crippen molar-refractivity contribution in [1.82, 2.24) is 25.8 Å². The molecule has 0 radical (unpaired) electrons. The molecule has 0 atom stereocenters. The molecule has 0 amide bonds. The van der Waals surface area contributed by atoms with Gasteiger partial charge in [-0.15, -0.1) is 24.0 Å². The monoisotopic (exact) mass is 510 g/mol. The first-order valence-corrected chi connectivity index (χ1v) is 9.77. The fourth-order valence-electron chi connectivity index (χ4n) is 3.11. The van der Waals surface area contributed by atoms with E-state index in [0.29, 0.717) is 18.3 Å². The lowest BCUT2D eigenvalue weighted by Crippen LogP contribution is -2.38. The van der Waals surface area contributed by atoms with Crippen molar-refractivity contribution >= 4 is 40.8 Å². The lowest BCUT2D eigenvalue weighted by Gasteiger charge is -2.11. The second-order valence-corrected chi connectivity index (χ2v) is 7.88. The number of H-pyrrole nitrogens is 1. The zero-order valence-corrected chi connectivity index (χ0v) is 20.1. The minimum atomic E-state index is -0.151. The molecular weight excluding hydrogens is 479 g/mol. The normalized spacial score (nSPS) is 12.1. The van der Waals surface area contributed by atoms with Crippen molar-refractivity contribution in [3.8, 4) is 0 Å². The number of nitrogens with one attached hydrogen (secondary N) is 3. The van der Waals surface area contributed by atoms with Crippen LogP contribution in [0.25, 0.3) is 10.9 Å². The molecular formula is C21H31IN6O. The van der Waals surface area contributed by atoms with E-state index in [-0.39, 0.29) is 29.4 Å². The summed E-state index contributed by atoms with van der Waals surface area (Å²) in [6, 6.07) is 6.48. The average Bonchev–Trinajstić information content (AvgIpc) is 3.31. The fraction of sp³-hybridized carbons (Fsp3) is 0.476. The summed E-state index contributed by atoms with van der Waals surface area (Å²) in [7, 11) is 1.76. The van der Waals surface area contributed by atoms with Crippen LogP contribution in [-0.2, 0) is 24.8 Å². The van der Waals surface area contributed by atoms with Crippen molar-refractivity contribution in [1.29, 1.82) is 0 Å². The predicted octanol–water partition coefficient (Wildman–Crippen LogP) is 3.94. The van der Waals surface area contributed by atoms with Gasteiger partial charge in [0.15, 0.2) is 11.8 Å². The van der Waals surface area contributed by atoms with E-state index in [4.69, 9.17) is 4.52 Å². The molecule has 0 aliphatic rings. The second-order valence-electron chi connectivity index (χ2n) is 7.88. The van der Waals surface area contributed by atoms with Gasteiger partial charge in [-0.2, -0.15) is 4.98 Å². The summed E-state index contributed by atoms with van der Waals surface area (Å²) in [5.41, 5.74) is 3.75. The van der Waals surface area contributed by atoms with E-state index in [9.17, 15) is 0 Å². The van der Waals surface area contributed by atoms with Crippen LogP contribution < -0.4 is 10.6 Å². The van der Waals surface area contributed by atoms with Crippen LogP contribution in [0.4, 0.5) is 0 Å². The summed E-state index contributed by atoms with van der Waals surface area (Å²) in [5, 5.41) is 11.9. The number of aromatic amines is 1. The summed E-state index contributed by atoms with van der Waals surface area (Å²) in [4.78, 5) is 12.1. The highest BCUT2D eigenvalue weighted by Crippen LogP contribution is 2.22. The molecule has 0 saturated carbocycles. The van der Waals surface area contributed by atoms with Crippen molar-refractivity contribution in [3.05, 3.63) is 47.2 Å². The number of benzene rings is 1. The maximum Gasteiger partial charge on any atom is 0.232 e. The van der Waals surface area contributed by atoms with Crippen LogP contribution in [0.5, 0.6) is 0 Å². The molecule has 158 valence electrons. The van der Waals surface area contributed by atoms with Crippen LogP contribution in [0.1, 0.15) is 50.5 Å². The van der Waals surface area contributed by atoms with Crippen molar-refractivity contribution in [2.45, 2.75) is 52.5 Å². The Morgan fingerprint density at radius 2 is 2.00 bits per heavy atom. The van der Waals surface area contributed by atoms with Gasteiger partial charge in [-0.25, -0.2) is 0 Å². The second kappa shape index (κ2) is 10.1. The fourth-order valence-corrected chi connectivity index (χ4v) is 3.11. The number of guanidine groups is 1. The minimum Gasteiger partial charge on any atom is -0.361 e. The Balaban J connectivity index is 0.00000300. The Morgan fingerprint density at radius 3 is 2.66 bits per heavy atom. The van der Waals surface area contributed by atoms with Gasteiger partial charge in [0, 0.05) is 36.1 Å². The highest BCUT2D eigenvalue weighted by Gasteiger charge is 2.21. The predicted molar refractivity (Wildman–Crippen MR) is 128 cm³/mol. The third-order valence-corrected chi connectivity index (χ3v) is 4.70. The first-order chi connectivity index (χ1) is 13.4. The Bertz CT molecular complexity index is 954. The number of aryl methyl sites for hydroxylation is 1. The highest BCUT2D eigenvalue weighted by molar-refractivity contribution is 14.0. The molecule has 29 heavy (non-hydrogen) atoms. The Morgan fingerprint density at radius 1 is 1.21 bits per heavy atom. The van der Waals surface area contributed by atoms with Gasteiger partial charge in [-0.3, -0.25) is 4.99 Å². The first-order valence-electron chi connectivity index (χ1n) is 9.77. The Labute approximate surface area is 189 Å². The summed E-state index contributed by atoms with van der Waals surface area (Å²) in [6.07, 6.45) is 4.04. The molecule has 3 rings (SSSR count). The number of hydrogen-bond donors (Lipinski definition) is 3. The van der Waals surface area contributed by atoms with E-state index >= 15 is 0 Å². The summed E-state index contributed by atoms with van der Waals surface area (Å²) >= 11 is 0. The van der Waals surface area contributed by atoms with Crippen molar-refractivity contribution in [2.75, 3.05) is 13.6 Å². The quantitative estimate of drug-likeness (QED) is 0.266. The van der Waals surface area contributed by atoms with Crippen LogP contribution in [0.2, 0.25) is 0 Å². The van der Waals surface area contributed by atoms with Crippen LogP contribution in [-0.4, -0.2) is 34.7 Å². The number of para-hydroxylation sites is 1. The topological polar surface area (TPSA) is 91.1 Å². The molecule has 2 heterocycles. The molecule has 0 aliphatic carbocycles. The standard InChI is InChI=1S/C21H30N6O.HI/c1-6-14-8-7-9-16-15(12-24-18(14)16)10-11-23-20(22-5)25-13-17-26-19(28-27-17)21(2,3)4;/h7-9,12,24H,6,10-11,13H2,1-5H3,(H2,22,23,25);1H. The smallest absolute Gasteiger partial charge is 0.232 e. The number of fused-ring (bicyclic) bond motifs is 1. The van der Waals surface area contributed by atoms with Gasteiger partial charge < -0.3 is 20.1 Å². The van der Waals surface area contributed by atoms with Gasteiger partial charge in [0.25, 0.3) is 0 Å². The Hall–Kier alpha value is -2.10. The molecule has 0 unspecified atom stereocenters. The third kappa shape index (κ3) is 5.71. The van der Waals surface area contributed by atoms with Gasteiger partial charge in [0.05, 0.1) is 6.54 Å². The molecule has 0 bridgehead atoms. The highest BCUT2D eigenvalue weighted by atomic mass is 127. The first kappa shape index (κ1) is 23.2. The minimum absolute atomic E-state index is 0. The molecule has 1 aromatic carbocycles. The van der Waals surface area contributed by atoms with E-state index in [1.54, 1.807) is 7.05 Å². The van der Waals surface area contributed by atoms with E-state index in [1.165, 1.54) is 22.0 Å². The molecule has 3 N–H and O–H groups in total. The number of aliphatic imine (C=N–C) groups is 1. The van der Waals surface area contributed by atoms with Crippen LogP contribution in [0.15, 0.2) is 33.9 Å². The van der Waals surface area contributed by atoms with E-state index in [1.807, 2.05) is 20.8 Å². The van der Waals surface area contributed by atoms with Crippen molar-refractivity contribution < 1.29 is 4.52 Å². The summed E-state index contributed by atoms with van der Waals surface area (Å²) in [5.74, 6) is 1.98. The number of aromatic nitrogens is 3. The average molecular weight is 510 g/mol. The zero-order valence-electron chi connectivity index (χ0n) is 17.8. The largest absolute Gasteiger partial charge is 0.361 e. The maximum atomic E-state index is 5.32. The molecule has 0 aliphatic heterocycles. The lowest BCUT2D eigenvalue weighted by atomic mass is 9.97. The molecule has 0 saturated heterocycles. The van der Waals surface area contributed by atoms with Crippen LogP contribution >= 0.6 is 24.0 Å². The number of nitrogens with zero attached hydrogens (tertiary/aromatic N) is 3. The summed E-state index contributed by atoms with van der Waals surface area (Å²) < 4.78 is 5.32. The van der Waals surface area contributed by atoms with Crippen molar-refractivity contribution in [2.24, 2.45) is 4.99 Å². The lowest BCUT2D eigenvalue weighted by molar-refractivity contribution is 0.318. The van der Waals surface area contributed by atoms with Gasteiger partial charge in [-0.05, 0) is 24.0 Å². The molecule has 8 heteroatoms. The molecule has 7 nitrogen and oxygen atoms in total. The van der Waals surface area contributed by atoms with Crippen molar-refractivity contribution in [3.63, 3.8) is 0 Å². The van der Waals surface area contributed by atoms with Gasteiger partial charge in [0.2, 0.25) is 5.89 Å². The number of rotatable bonds is 6. The van der Waals surface area contributed by atoms with Crippen LogP contribution in [0.3, 0.4) is 0 Å². The maximum absolute atomic E-state index is 5.32. The molecule has 2 aromatic heterocycles. The van der Waals surface area contributed by atoms with Gasteiger partial charge >= 0.3 is 0 Å². The zero-order chi connectivity index (χ0) is 20.1. The van der Waals surface area contributed by atoms with E-state index < -0.39 is 0 Å². The van der Waals surface area contributed by atoms with E-state index in [2.05, 4.69) is 62.1 Å². The van der Waals surface area contributed by atoms with Crippen LogP contribution in [0, 0.1) is 0 Å². The SMILES string of the molecule is CCc1cccc2c(CCNC(=NC)NCc3noc(C(C)(C)C)n3)c[nH]c12.I. The van der Waals surface area contributed by atoms with Gasteiger partial charge in [0.1, 0.15) is 0 Å². The molecule has 0 spiro atoms. The molecule has 0 fully saturated rings. The number of halogens is 1. The third-order valence-electron chi connectivity index (χ3n) is 4.70. The Kier molecular flexibility index (Phi) is 8.06. The molecule has 3 aromatic rings. The number of hydrogen-bond acceptors (Lipinski definition) is 4. The van der Waals surface area contributed by atoms with Gasteiger partial charge in [-0.1, -0.05) is 51.1 Å².